The smallest absolute Gasteiger partial charge is 0.288 e. The number of rotatable bonds is 9. The molecule has 0 saturated carbocycles. The van der Waals surface area contributed by atoms with E-state index in [-0.39, 0.29) is 28.7 Å². The number of nitrogens with zero attached hydrogens (tertiary/aromatic N) is 1. The van der Waals surface area contributed by atoms with E-state index >= 15 is 0 Å². The minimum Gasteiger partial charge on any atom is -0.350 e. The van der Waals surface area contributed by atoms with Crippen LogP contribution in [-0.2, 0) is 11.3 Å². The van der Waals surface area contributed by atoms with Crippen LogP contribution in [0.5, 0.6) is 0 Å². The van der Waals surface area contributed by atoms with Crippen LogP contribution in [0.4, 0.5) is 5.69 Å². The Kier molecular flexibility index (Phi) is 8.75. The number of carbonyl (C=O) groups is 2. The van der Waals surface area contributed by atoms with Crippen molar-refractivity contribution in [2.45, 2.75) is 19.0 Å². The second kappa shape index (κ2) is 11.0. The Bertz CT molecular complexity index is 894. The van der Waals surface area contributed by atoms with Gasteiger partial charge in [-0.25, -0.2) is 0 Å². The summed E-state index contributed by atoms with van der Waals surface area (Å²) >= 11 is 13.2. The molecule has 0 spiro atoms. The minimum atomic E-state index is -0.781. The van der Waals surface area contributed by atoms with Gasteiger partial charge in [-0.1, -0.05) is 35.3 Å². The molecule has 0 saturated heterocycles. The maximum Gasteiger partial charge on any atom is 0.288 e. The highest BCUT2D eigenvalue weighted by Gasteiger charge is 2.23. The van der Waals surface area contributed by atoms with E-state index in [1.54, 1.807) is 36.0 Å². The van der Waals surface area contributed by atoms with E-state index in [4.69, 9.17) is 23.2 Å². The molecule has 0 unspecified atom stereocenters. The van der Waals surface area contributed by atoms with Crippen LogP contribution in [0.2, 0.25) is 10.0 Å². The lowest BCUT2D eigenvalue weighted by molar-refractivity contribution is -0.384. The molecule has 0 aliphatic heterocycles. The molecule has 0 heterocycles. The molecule has 7 nitrogen and oxygen atoms in total. The number of nitro groups is 1. The van der Waals surface area contributed by atoms with Crippen molar-refractivity contribution in [1.29, 1.82) is 0 Å². The monoisotopic (exact) mass is 455 g/mol. The van der Waals surface area contributed by atoms with Crippen LogP contribution in [0.1, 0.15) is 22.3 Å². The van der Waals surface area contributed by atoms with Gasteiger partial charge >= 0.3 is 0 Å². The van der Waals surface area contributed by atoms with E-state index in [9.17, 15) is 19.7 Å². The van der Waals surface area contributed by atoms with Gasteiger partial charge in [-0.05, 0) is 48.3 Å². The number of benzene rings is 2. The fraction of sp³-hybridized carbons (Fsp3) is 0.263. The summed E-state index contributed by atoms with van der Waals surface area (Å²) in [5.41, 5.74) is 0.555. The van der Waals surface area contributed by atoms with Gasteiger partial charge in [0, 0.05) is 23.2 Å². The highest BCUT2D eigenvalue weighted by molar-refractivity contribution is 7.98. The van der Waals surface area contributed by atoms with E-state index in [2.05, 4.69) is 10.6 Å². The van der Waals surface area contributed by atoms with Gasteiger partial charge in [0.15, 0.2) is 0 Å². The van der Waals surface area contributed by atoms with Crippen LogP contribution < -0.4 is 10.6 Å². The van der Waals surface area contributed by atoms with Crippen LogP contribution in [0.25, 0.3) is 0 Å². The normalized spacial score (nSPS) is 11.6. The van der Waals surface area contributed by atoms with Crippen LogP contribution in [0.3, 0.4) is 0 Å². The number of carbonyl (C=O) groups excluding carboxylic acids is 2. The Hall–Kier alpha value is -2.29. The SMILES string of the molecule is CSCC[C@H](NC(=O)c1ccc(Cl)c([N+](=O)[O-])c1)C(=O)NCc1ccc(Cl)cc1. The summed E-state index contributed by atoms with van der Waals surface area (Å²) in [5.74, 6) is -0.275. The molecule has 29 heavy (non-hydrogen) atoms. The Morgan fingerprint density at radius 3 is 2.48 bits per heavy atom. The van der Waals surface area contributed by atoms with E-state index in [0.29, 0.717) is 17.2 Å². The van der Waals surface area contributed by atoms with Crippen LogP contribution in [0.15, 0.2) is 42.5 Å². The maximum atomic E-state index is 12.6. The predicted molar refractivity (Wildman–Crippen MR) is 116 cm³/mol. The molecular weight excluding hydrogens is 437 g/mol. The zero-order valence-corrected chi connectivity index (χ0v) is 17.8. The molecule has 0 fully saturated rings. The number of thioether (sulfide) groups is 1. The third-order valence-electron chi connectivity index (χ3n) is 4.02. The summed E-state index contributed by atoms with van der Waals surface area (Å²) in [6.07, 6.45) is 2.31. The second-order valence-corrected chi connectivity index (χ2v) is 7.90. The van der Waals surface area contributed by atoms with Gasteiger partial charge in [0.1, 0.15) is 11.1 Å². The first-order valence-electron chi connectivity index (χ1n) is 8.57. The molecule has 0 aliphatic carbocycles. The second-order valence-electron chi connectivity index (χ2n) is 6.08. The molecule has 2 N–H and O–H groups in total. The number of amides is 2. The van der Waals surface area contributed by atoms with E-state index in [0.717, 1.165) is 11.6 Å². The van der Waals surface area contributed by atoms with Crippen molar-refractivity contribution in [3.63, 3.8) is 0 Å². The third kappa shape index (κ3) is 6.92. The van der Waals surface area contributed by atoms with Gasteiger partial charge in [-0.3, -0.25) is 19.7 Å². The quantitative estimate of drug-likeness (QED) is 0.438. The van der Waals surface area contributed by atoms with Gasteiger partial charge in [-0.15, -0.1) is 0 Å². The van der Waals surface area contributed by atoms with Crippen LogP contribution >= 0.6 is 35.0 Å². The molecular formula is C19H19Cl2N3O4S. The predicted octanol–water partition coefficient (Wildman–Crippen LogP) is 4.07. The number of hydrogen-bond donors (Lipinski definition) is 2. The van der Waals surface area contributed by atoms with Crippen molar-refractivity contribution in [3.05, 3.63) is 73.8 Å². The average molecular weight is 456 g/mol. The average Bonchev–Trinajstić information content (AvgIpc) is 2.70. The fourth-order valence-electron chi connectivity index (χ4n) is 2.45. The summed E-state index contributed by atoms with van der Waals surface area (Å²) in [5, 5.41) is 17.0. The molecule has 0 radical (unpaired) electrons. The van der Waals surface area contributed by atoms with Gasteiger partial charge in [0.05, 0.1) is 4.92 Å². The highest BCUT2D eigenvalue weighted by Crippen LogP contribution is 2.25. The summed E-state index contributed by atoms with van der Waals surface area (Å²) in [6.45, 7) is 0.286. The van der Waals surface area contributed by atoms with Crippen molar-refractivity contribution in [1.82, 2.24) is 10.6 Å². The molecule has 2 rings (SSSR count). The number of nitro benzene ring substituents is 1. The Balaban J connectivity index is 2.07. The Morgan fingerprint density at radius 1 is 1.17 bits per heavy atom. The van der Waals surface area contributed by atoms with Gasteiger partial charge in [0.2, 0.25) is 5.91 Å². The van der Waals surface area contributed by atoms with E-state index in [1.807, 2.05) is 6.26 Å². The Morgan fingerprint density at radius 2 is 1.86 bits per heavy atom. The van der Waals surface area contributed by atoms with Crippen molar-refractivity contribution >= 4 is 52.5 Å². The third-order valence-corrected chi connectivity index (χ3v) is 5.23. The van der Waals surface area contributed by atoms with Gasteiger partial charge in [-0.2, -0.15) is 11.8 Å². The van der Waals surface area contributed by atoms with Crippen molar-refractivity contribution in [3.8, 4) is 0 Å². The largest absolute Gasteiger partial charge is 0.350 e. The molecule has 154 valence electrons. The summed E-state index contributed by atoms with van der Waals surface area (Å²) in [6, 6.07) is 10.0. The Labute approximate surface area is 182 Å². The van der Waals surface area contributed by atoms with Crippen molar-refractivity contribution < 1.29 is 14.5 Å². The fourth-order valence-corrected chi connectivity index (χ4v) is 3.24. The number of nitrogens with one attached hydrogen (secondary N) is 2. The first kappa shape index (κ1) is 23.0. The lowest BCUT2D eigenvalue weighted by atomic mass is 10.1. The molecule has 0 bridgehead atoms. The van der Waals surface area contributed by atoms with Gasteiger partial charge < -0.3 is 10.6 Å². The van der Waals surface area contributed by atoms with Gasteiger partial charge in [0.25, 0.3) is 11.6 Å². The lowest BCUT2D eigenvalue weighted by Gasteiger charge is -2.18. The van der Waals surface area contributed by atoms with Crippen LogP contribution in [-0.4, -0.2) is 34.8 Å². The summed E-state index contributed by atoms with van der Waals surface area (Å²) < 4.78 is 0. The highest BCUT2D eigenvalue weighted by atomic mass is 35.5. The summed E-state index contributed by atoms with van der Waals surface area (Å²) in [4.78, 5) is 35.5. The topological polar surface area (TPSA) is 101 Å². The molecule has 0 aromatic heterocycles. The minimum absolute atomic E-state index is 0.0563. The molecule has 2 aromatic rings. The molecule has 2 amide bonds. The van der Waals surface area contributed by atoms with Crippen molar-refractivity contribution in [2.24, 2.45) is 0 Å². The molecule has 10 heteroatoms. The number of halogens is 2. The maximum absolute atomic E-state index is 12.6. The van der Waals surface area contributed by atoms with E-state index in [1.165, 1.54) is 12.1 Å². The zero-order chi connectivity index (χ0) is 21.4. The summed E-state index contributed by atoms with van der Waals surface area (Å²) in [7, 11) is 0. The molecule has 1 atom stereocenters. The first-order chi connectivity index (χ1) is 13.8. The van der Waals surface area contributed by atoms with Crippen LogP contribution in [0, 0.1) is 10.1 Å². The first-order valence-corrected chi connectivity index (χ1v) is 10.7. The van der Waals surface area contributed by atoms with E-state index < -0.39 is 16.9 Å². The molecule has 0 aliphatic rings. The molecule has 2 aromatic carbocycles. The zero-order valence-electron chi connectivity index (χ0n) is 15.5. The number of hydrogen-bond acceptors (Lipinski definition) is 5. The lowest BCUT2D eigenvalue weighted by Crippen LogP contribution is -2.46. The van der Waals surface area contributed by atoms with Crippen molar-refractivity contribution in [2.75, 3.05) is 12.0 Å². The standard InChI is InChI=1S/C19H19Cl2N3O4S/c1-29-9-8-16(19(26)22-11-12-2-5-14(20)6-3-12)23-18(25)13-4-7-15(21)17(10-13)24(27)28/h2-7,10,16H,8-9,11H2,1H3,(H,22,26)(H,23,25)/t16-/m0/s1.